The van der Waals surface area contributed by atoms with Gasteiger partial charge in [0.15, 0.2) is 0 Å². The van der Waals surface area contributed by atoms with Crippen LogP contribution < -0.4 is 11.1 Å². The first-order chi connectivity index (χ1) is 7.26. The smallest absolute Gasteiger partial charge is 0.0750 e. The van der Waals surface area contributed by atoms with E-state index in [0.717, 1.165) is 23.2 Å². The van der Waals surface area contributed by atoms with E-state index in [9.17, 15) is 0 Å². The summed E-state index contributed by atoms with van der Waals surface area (Å²) in [5.74, 6) is 0. The van der Waals surface area contributed by atoms with Gasteiger partial charge in [0.05, 0.1) is 12.1 Å². The minimum atomic E-state index is -0.0934. The van der Waals surface area contributed by atoms with Crippen LogP contribution in [0.3, 0.4) is 0 Å². The standard InChI is InChI=1S/C11H15BrN2O/c12-9-3-1-2-4-10(9)14-11(7-13)5-6-15-8-11/h1-4,14H,5-8,13H2. The van der Waals surface area contributed by atoms with E-state index in [1.165, 1.54) is 0 Å². The van der Waals surface area contributed by atoms with Gasteiger partial charge in [-0.25, -0.2) is 0 Å². The third-order valence-electron chi connectivity index (χ3n) is 2.77. The summed E-state index contributed by atoms with van der Waals surface area (Å²) >= 11 is 3.51. The number of para-hydroxylation sites is 1. The fourth-order valence-corrected chi connectivity index (χ4v) is 2.15. The van der Waals surface area contributed by atoms with Gasteiger partial charge in [-0.1, -0.05) is 12.1 Å². The summed E-state index contributed by atoms with van der Waals surface area (Å²) in [6.45, 7) is 2.06. The number of nitrogens with one attached hydrogen (secondary N) is 1. The molecule has 1 heterocycles. The molecule has 0 aromatic heterocycles. The summed E-state index contributed by atoms with van der Waals surface area (Å²) in [6, 6.07) is 8.06. The average Bonchev–Trinajstić information content (AvgIpc) is 2.71. The largest absolute Gasteiger partial charge is 0.379 e. The highest BCUT2D eigenvalue weighted by molar-refractivity contribution is 9.10. The summed E-state index contributed by atoms with van der Waals surface area (Å²) in [4.78, 5) is 0. The number of hydrogen-bond donors (Lipinski definition) is 2. The second-order valence-corrected chi connectivity index (χ2v) is 4.75. The van der Waals surface area contributed by atoms with Crippen molar-refractivity contribution in [2.75, 3.05) is 25.1 Å². The maximum atomic E-state index is 5.81. The number of ether oxygens (including phenoxy) is 1. The van der Waals surface area contributed by atoms with Crippen LogP contribution in [0.5, 0.6) is 0 Å². The number of benzene rings is 1. The van der Waals surface area contributed by atoms with Crippen molar-refractivity contribution in [3.05, 3.63) is 28.7 Å². The highest BCUT2D eigenvalue weighted by Gasteiger charge is 2.33. The molecule has 1 fully saturated rings. The molecule has 3 nitrogen and oxygen atoms in total. The van der Waals surface area contributed by atoms with E-state index in [4.69, 9.17) is 10.5 Å². The Labute approximate surface area is 98.1 Å². The highest BCUT2D eigenvalue weighted by atomic mass is 79.9. The number of hydrogen-bond acceptors (Lipinski definition) is 3. The number of halogens is 1. The predicted molar refractivity (Wildman–Crippen MR) is 65.0 cm³/mol. The zero-order valence-electron chi connectivity index (χ0n) is 8.50. The molecule has 0 saturated carbocycles. The molecule has 2 rings (SSSR count). The Morgan fingerprint density at radius 1 is 1.47 bits per heavy atom. The summed E-state index contributed by atoms with van der Waals surface area (Å²) in [5.41, 5.74) is 6.79. The number of anilines is 1. The van der Waals surface area contributed by atoms with Gasteiger partial charge in [-0.15, -0.1) is 0 Å². The maximum absolute atomic E-state index is 5.81. The molecule has 82 valence electrons. The van der Waals surface area contributed by atoms with Crippen molar-refractivity contribution in [3.63, 3.8) is 0 Å². The van der Waals surface area contributed by atoms with Crippen molar-refractivity contribution in [2.24, 2.45) is 5.73 Å². The van der Waals surface area contributed by atoms with Gasteiger partial charge in [0.2, 0.25) is 0 Å². The molecule has 0 aliphatic carbocycles. The molecule has 0 bridgehead atoms. The molecule has 3 N–H and O–H groups in total. The molecule has 1 aromatic rings. The van der Waals surface area contributed by atoms with E-state index in [2.05, 4.69) is 21.2 Å². The molecular formula is C11H15BrN2O. The number of nitrogens with two attached hydrogens (primary N) is 1. The third-order valence-corrected chi connectivity index (χ3v) is 3.46. The lowest BCUT2D eigenvalue weighted by Gasteiger charge is -2.28. The van der Waals surface area contributed by atoms with Crippen molar-refractivity contribution < 1.29 is 4.74 Å². The van der Waals surface area contributed by atoms with Crippen LogP contribution in [0, 0.1) is 0 Å². The predicted octanol–water partition coefficient (Wildman–Crippen LogP) is 1.98. The fraction of sp³-hybridized carbons (Fsp3) is 0.455. The van der Waals surface area contributed by atoms with Crippen molar-refractivity contribution in [3.8, 4) is 0 Å². The van der Waals surface area contributed by atoms with Crippen LogP contribution >= 0.6 is 15.9 Å². The van der Waals surface area contributed by atoms with Crippen LogP contribution in [0.25, 0.3) is 0 Å². The second kappa shape index (κ2) is 4.51. The monoisotopic (exact) mass is 270 g/mol. The zero-order chi connectivity index (χ0) is 10.7. The average molecular weight is 271 g/mol. The molecule has 15 heavy (non-hydrogen) atoms. The molecule has 1 atom stereocenters. The van der Waals surface area contributed by atoms with Crippen LogP contribution in [0.2, 0.25) is 0 Å². The zero-order valence-corrected chi connectivity index (χ0v) is 10.1. The third kappa shape index (κ3) is 2.33. The first-order valence-electron chi connectivity index (χ1n) is 5.06. The van der Waals surface area contributed by atoms with Crippen LogP contribution in [-0.4, -0.2) is 25.3 Å². The van der Waals surface area contributed by atoms with Gasteiger partial charge in [-0.05, 0) is 34.5 Å². The van der Waals surface area contributed by atoms with Gasteiger partial charge >= 0.3 is 0 Å². The molecule has 0 radical (unpaired) electrons. The van der Waals surface area contributed by atoms with Gasteiger partial charge in [0, 0.05) is 23.3 Å². The Morgan fingerprint density at radius 3 is 2.87 bits per heavy atom. The Kier molecular flexibility index (Phi) is 3.29. The Balaban J connectivity index is 2.16. The molecule has 1 saturated heterocycles. The van der Waals surface area contributed by atoms with E-state index >= 15 is 0 Å². The minimum Gasteiger partial charge on any atom is -0.379 e. The summed E-state index contributed by atoms with van der Waals surface area (Å²) in [6.07, 6.45) is 0.963. The van der Waals surface area contributed by atoms with Gasteiger partial charge in [0.1, 0.15) is 0 Å². The molecule has 0 spiro atoms. The Hall–Kier alpha value is -0.580. The lowest BCUT2D eigenvalue weighted by Crippen LogP contribution is -2.46. The van der Waals surface area contributed by atoms with Crippen molar-refractivity contribution in [1.82, 2.24) is 0 Å². The summed E-state index contributed by atoms with van der Waals surface area (Å²) in [7, 11) is 0. The first kappa shape index (κ1) is 10.9. The topological polar surface area (TPSA) is 47.3 Å². The highest BCUT2D eigenvalue weighted by Crippen LogP contribution is 2.28. The number of rotatable bonds is 3. The molecule has 1 aliphatic heterocycles. The minimum absolute atomic E-state index is 0.0934. The van der Waals surface area contributed by atoms with E-state index in [1.807, 2.05) is 24.3 Å². The Morgan fingerprint density at radius 2 is 2.27 bits per heavy atom. The normalized spacial score (nSPS) is 25.5. The van der Waals surface area contributed by atoms with E-state index in [0.29, 0.717) is 13.2 Å². The quantitative estimate of drug-likeness (QED) is 0.883. The lowest BCUT2D eigenvalue weighted by molar-refractivity contribution is 0.183. The van der Waals surface area contributed by atoms with Crippen molar-refractivity contribution in [2.45, 2.75) is 12.0 Å². The van der Waals surface area contributed by atoms with Crippen molar-refractivity contribution in [1.29, 1.82) is 0 Å². The van der Waals surface area contributed by atoms with E-state index in [-0.39, 0.29) is 5.54 Å². The molecule has 1 aliphatic rings. The van der Waals surface area contributed by atoms with Gasteiger partial charge < -0.3 is 15.8 Å². The van der Waals surface area contributed by atoms with Gasteiger partial charge in [-0.2, -0.15) is 0 Å². The molecule has 1 unspecified atom stereocenters. The summed E-state index contributed by atoms with van der Waals surface area (Å²) in [5, 5.41) is 3.48. The maximum Gasteiger partial charge on any atom is 0.0750 e. The van der Waals surface area contributed by atoms with E-state index < -0.39 is 0 Å². The molecule has 0 amide bonds. The van der Waals surface area contributed by atoms with Crippen LogP contribution in [0.1, 0.15) is 6.42 Å². The molecular weight excluding hydrogens is 256 g/mol. The van der Waals surface area contributed by atoms with Crippen LogP contribution in [0.15, 0.2) is 28.7 Å². The van der Waals surface area contributed by atoms with Gasteiger partial charge in [-0.3, -0.25) is 0 Å². The fourth-order valence-electron chi connectivity index (χ4n) is 1.77. The summed E-state index contributed by atoms with van der Waals surface area (Å²) < 4.78 is 6.47. The molecule has 4 heteroatoms. The van der Waals surface area contributed by atoms with Crippen LogP contribution in [0.4, 0.5) is 5.69 Å². The van der Waals surface area contributed by atoms with Crippen LogP contribution in [-0.2, 0) is 4.74 Å². The SMILES string of the molecule is NCC1(Nc2ccccc2Br)CCOC1. The lowest BCUT2D eigenvalue weighted by atomic mass is 9.98. The van der Waals surface area contributed by atoms with Gasteiger partial charge in [0.25, 0.3) is 0 Å². The van der Waals surface area contributed by atoms with E-state index in [1.54, 1.807) is 0 Å². The first-order valence-corrected chi connectivity index (χ1v) is 5.86. The van der Waals surface area contributed by atoms with Crippen molar-refractivity contribution >= 4 is 21.6 Å². The second-order valence-electron chi connectivity index (χ2n) is 3.89. The Bertz CT molecular complexity index is 337. The molecule has 1 aromatic carbocycles.